The van der Waals surface area contributed by atoms with Crippen molar-refractivity contribution in [2.45, 2.75) is 37.1 Å². The van der Waals surface area contributed by atoms with Crippen LogP contribution in [0.1, 0.15) is 26.7 Å². The molecule has 0 bridgehead atoms. The van der Waals surface area contributed by atoms with E-state index < -0.39 is 0 Å². The maximum atomic E-state index is 12.5. The molecular formula is C15H23N3O3S. The van der Waals surface area contributed by atoms with Crippen molar-refractivity contribution in [3.63, 3.8) is 0 Å². The van der Waals surface area contributed by atoms with Gasteiger partial charge in [0.2, 0.25) is 5.91 Å². The van der Waals surface area contributed by atoms with E-state index in [0.29, 0.717) is 32.5 Å². The molecule has 1 aromatic rings. The molecule has 0 saturated carbocycles. The average molecular weight is 325 g/mol. The van der Waals surface area contributed by atoms with Crippen LogP contribution in [0.2, 0.25) is 0 Å². The zero-order valence-corrected chi connectivity index (χ0v) is 14.1. The van der Waals surface area contributed by atoms with E-state index in [-0.39, 0.29) is 23.0 Å². The van der Waals surface area contributed by atoms with Gasteiger partial charge >= 0.3 is 5.97 Å². The van der Waals surface area contributed by atoms with Crippen LogP contribution in [0.25, 0.3) is 0 Å². The number of aryl methyl sites for hydroxylation is 1. The number of carbonyl (C=O) groups excluding carboxylic acids is 2. The molecule has 1 atom stereocenters. The van der Waals surface area contributed by atoms with E-state index in [1.54, 1.807) is 6.20 Å². The highest BCUT2D eigenvalue weighted by atomic mass is 32.2. The second-order valence-corrected chi connectivity index (χ2v) is 6.74. The summed E-state index contributed by atoms with van der Waals surface area (Å²) >= 11 is 1.46. The largest absolute Gasteiger partial charge is 0.466 e. The smallest absolute Gasteiger partial charge is 0.309 e. The number of ether oxygens (including phenoxy) is 1. The van der Waals surface area contributed by atoms with E-state index >= 15 is 0 Å². The van der Waals surface area contributed by atoms with Crippen molar-refractivity contribution in [3.8, 4) is 0 Å². The van der Waals surface area contributed by atoms with Gasteiger partial charge in [0.25, 0.3) is 0 Å². The van der Waals surface area contributed by atoms with E-state index in [9.17, 15) is 9.59 Å². The van der Waals surface area contributed by atoms with Crippen LogP contribution in [0.15, 0.2) is 17.6 Å². The van der Waals surface area contributed by atoms with Crippen molar-refractivity contribution in [2.24, 2.45) is 13.0 Å². The molecule has 1 fully saturated rings. The molecule has 22 heavy (non-hydrogen) atoms. The lowest BCUT2D eigenvalue weighted by Crippen LogP contribution is -2.43. The number of carbonyl (C=O) groups is 2. The fourth-order valence-corrected chi connectivity index (χ4v) is 3.44. The zero-order valence-electron chi connectivity index (χ0n) is 13.3. The summed E-state index contributed by atoms with van der Waals surface area (Å²) < 4.78 is 6.95. The first kappa shape index (κ1) is 16.9. The number of imidazole rings is 1. The van der Waals surface area contributed by atoms with E-state index in [0.717, 1.165) is 5.16 Å². The first-order valence-electron chi connectivity index (χ1n) is 7.62. The van der Waals surface area contributed by atoms with E-state index in [1.807, 2.05) is 36.6 Å². The molecule has 0 spiro atoms. The predicted octanol–water partition coefficient (Wildman–Crippen LogP) is 1.70. The molecule has 6 nitrogen and oxygen atoms in total. The lowest BCUT2D eigenvalue weighted by Gasteiger charge is -2.32. The molecule has 0 N–H and O–H groups in total. The van der Waals surface area contributed by atoms with Crippen LogP contribution in [-0.2, 0) is 21.4 Å². The summed E-state index contributed by atoms with van der Waals surface area (Å²) in [6.07, 6.45) is 4.96. The Morgan fingerprint density at radius 3 is 2.68 bits per heavy atom. The summed E-state index contributed by atoms with van der Waals surface area (Å²) in [6.45, 7) is 5.36. The number of piperidine rings is 1. The third kappa shape index (κ3) is 4.03. The monoisotopic (exact) mass is 325 g/mol. The van der Waals surface area contributed by atoms with E-state index in [1.165, 1.54) is 11.8 Å². The molecule has 0 aromatic carbocycles. The number of esters is 1. The maximum Gasteiger partial charge on any atom is 0.309 e. The predicted molar refractivity (Wildman–Crippen MR) is 84.5 cm³/mol. The van der Waals surface area contributed by atoms with Crippen LogP contribution in [0.4, 0.5) is 0 Å². The van der Waals surface area contributed by atoms with Crippen molar-refractivity contribution < 1.29 is 14.3 Å². The van der Waals surface area contributed by atoms with Crippen LogP contribution >= 0.6 is 11.8 Å². The van der Waals surface area contributed by atoms with E-state index in [4.69, 9.17) is 4.74 Å². The maximum absolute atomic E-state index is 12.5. The third-order valence-corrected chi connectivity index (χ3v) is 4.99. The summed E-state index contributed by atoms with van der Waals surface area (Å²) in [4.78, 5) is 30.3. The van der Waals surface area contributed by atoms with Crippen LogP contribution < -0.4 is 0 Å². The van der Waals surface area contributed by atoms with Gasteiger partial charge in [-0.2, -0.15) is 0 Å². The Balaban J connectivity index is 1.84. The van der Waals surface area contributed by atoms with E-state index in [2.05, 4.69) is 4.98 Å². The Labute approximate surface area is 135 Å². The molecular weight excluding hydrogens is 302 g/mol. The number of thioether (sulfide) groups is 1. The highest BCUT2D eigenvalue weighted by Gasteiger charge is 2.30. The summed E-state index contributed by atoms with van der Waals surface area (Å²) in [5.41, 5.74) is 0. The molecule has 2 heterocycles. The fourth-order valence-electron chi connectivity index (χ4n) is 2.53. The molecule has 2 rings (SSSR count). The second kappa shape index (κ2) is 7.67. The van der Waals surface area contributed by atoms with Gasteiger partial charge in [-0.25, -0.2) is 4.98 Å². The summed E-state index contributed by atoms with van der Waals surface area (Å²) in [5.74, 6) is -0.0955. The number of hydrogen-bond acceptors (Lipinski definition) is 5. The van der Waals surface area contributed by atoms with Gasteiger partial charge in [0.15, 0.2) is 5.16 Å². The lowest BCUT2D eigenvalue weighted by molar-refractivity contribution is -0.151. The van der Waals surface area contributed by atoms with Crippen LogP contribution in [0.5, 0.6) is 0 Å². The highest BCUT2D eigenvalue weighted by molar-refractivity contribution is 8.00. The van der Waals surface area contributed by atoms with Gasteiger partial charge in [-0.1, -0.05) is 11.8 Å². The molecule has 0 radical (unpaired) electrons. The van der Waals surface area contributed by atoms with Crippen LogP contribution in [0, 0.1) is 5.92 Å². The van der Waals surface area contributed by atoms with Gasteiger partial charge in [0.05, 0.1) is 17.8 Å². The van der Waals surface area contributed by atoms with Crippen molar-refractivity contribution in [1.82, 2.24) is 14.5 Å². The van der Waals surface area contributed by atoms with Gasteiger partial charge in [0, 0.05) is 32.5 Å². The normalized spacial score (nSPS) is 17.3. The molecule has 0 aliphatic carbocycles. The Hall–Kier alpha value is -1.50. The topological polar surface area (TPSA) is 64.4 Å². The Morgan fingerprint density at radius 2 is 2.14 bits per heavy atom. The first-order chi connectivity index (χ1) is 10.5. The Bertz CT molecular complexity index is 524. The van der Waals surface area contributed by atoms with Crippen LogP contribution in [0.3, 0.4) is 0 Å². The van der Waals surface area contributed by atoms with Gasteiger partial charge < -0.3 is 14.2 Å². The number of nitrogens with zero attached hydrogens (tertiary/aromatic N) is 3. The highest BCUT2D eigenvalue weighted by Crippen LogP contribution is 2.25. The lowest BCUT2D eigenvalue weighted by atomic mass is 9.97. The standard InChI is InChI=1S/C15H23N3O3S/c1-4-21-14(20)12-5-8-18(9-6-12)13(19)11(2)22-15-16-7-10-17(15)3/h7,10-12H,4-6,8-9H2,1-3H3. The number of hydrogen-bond donors (Lipinski definition) is 0. The number of aromatic nitrogens is 2. The fraction of sp³-hybridized carbons (Fsp3) is 0.667. The minimum atomic E-state index is -0.180. The molecule has 7 heteroatoms. The number of rotatable bonds is 5. The Morgan fingerprint density at radius 1 is 1.45 bits per heavy atom. The van der Waals surface area contributed by atoms with Crippen molar-refractivity contribution in [1.29, 1.82) is 0 Å². The van der Waals surface area contributed by atoms with Crippen LogP contribution in [-0.4, -0.2) is 51.3 Å². The van der Waals surface area contributed by atoms with Crippen molar-refractivity contribution in [3.05, 3.63) is 12.4 Å². The quantitative estimate of drug-likeness (QED) is 0.609. The first-order valence-corrected chi connectivity index (χ1v) is 8.50. The molecule has 1 unspecified atom stereocenters. The van der Waals surface area contributed by atoms with Gasteiger partial charge in [-0.05, 0) is 26.7 Å². The second-order valence-electron chi connectivity index (χ2n) is 5.43. The minimum absolute atomic E-state index is 0.0681. The molecule has 1 amide bonds. The third-order valence-electron chi connectivity index (χ3n) is 3.83. The Kier molecular flexibility index (Phi) is 5.88. The van der Waals surface area contributed by atoms with Gasteiger partial charge in [0.1, 0.15) is 0 Å². The molecule has 1 aliphatic heterocycles. The minimum Gasteiger partial charge on any atom is -0.466 e. The summed E-state index contributed by atoms with van der Waals surface area (Å²) in [5, 5.41) is 0.655. The van der Waals surface area contributed by atoms with Gasteiger partial charge in [-0.15, -0.1) is 0 Å². The average Bonchev–Trinajstić information content (AvgIpc) is 2.92. The zero-order chi connectivity index (χ0) is 16.1. The summed E-state index contributed by atoms with van der Waals surface area (Å²) in [6, 6.07) is 0. The SMILES string of the molecule is CCOC(=O)C1CCN(C(=O)C(C)Sc2nccn2C)CC1. The molecule has 122 valence electrons. The van der Waals surface area contributed by atoms with Crippen molar-refractivity contribution >= 4 is 23.6 Å². The molecule has 1 aliphatic rings. The molecule has 1 aromatic heterocycles. The van der Waals surface area contributed by atoms with Gasteiger partial charge in [-0.3, -0.25) is 9.59 Å². The number of likely N-dealkylation sites (tertiary alicyclic amines) is 1. The molecule has 1 saturated heterocycles. The number of amides is 1. The summed E-state index contributed by atoms with van der Waals surface area (Å²) in [7, 11) is 1.91. The van der Waals surface area contributed by atoms with Crippen molar-refractivity contribution in [2.75, 3.05) is 19.7 Å².